The number of rotatable bonds is 7. The molecule has 2 atom stereocenters. The quantitative estimate of drug-likeness (QED) is 0.540. The molecular weight excluding hydrogens is 366 g/mol. The van der Waals surface area contributed by atoms with Crippen LogP contribution in [-0.4, -0.2) is 68.6 Å². The summed E-state index contributed by atoms with van der Waals surface area (Å²) in [6.07, 6.45) is 1.50. The SMILES string of the molecule is CC(C)(C)c1ccc(C(=O)C2CNC(C(=O)NCCCN3CCOCC3)C2)cc1. The molecule has 6 nitrogen and oxygen atoms in total. The van der Waals surface area contributed by atoms with Crippen LogP contribution in [0.2, 0.25) is 0 Å². The molecule has 1 aromatic carbocycles. The van der Waals surface area contributed by atoms with Gasteiger partial charge in [0.25, 0.3) is 0 Å². The Hall–Kier alpha value is -1.76. The molecule has 2 N–H and O–H groups in total. The Kier molecular flexibility index (Phi) is 7.44. The maximum absolute atomic E-state index is 12.8. The number of nitrogens with one attached hydrogen (secondary N) is 2. The first-order valence-corrected chi connectivity index (χ1v) is 10.8. The highest BCUT2D eigenvalue weighted by molar-refractivity contribution is 5.99. The number of nitrogens with zero attached hydrogens (tertiary/aromatic N) is 1. The van der Waals surface area contributed by atoms with Crippen LogP contribution in [0.3, 0.4) is 0 Å². The van der Waals surface area contributed by atoms with Crippen LogP contribution in [0, 0.1) is 5.92 Å². The molecule has 29 heavy (non-hydrogen) atoms. The number of hydrogen-bond donors (Lipinski definition) is 2. The molecule has 2 unspecified atom stereocenters. The molecule has 2 heterocycles. The fraction of sp³-hybridized carbons (Fsp3) is 0.652. The van der Waals surface area contributed by atoms with E-state index < -0.39 is 0 Å². The first-order chi connectivity index (χ1) is 13.8. The minimum Gasteiger partial charge on any atom is -0.379 e. The fourth-order valence-corrected chi connectivity index (χ4v) is 3.97. The normalized spacial score (nSPS) is 23.1. The molecule has 1 aromatic rings. The van der Waals surface area contributed by atoms with E-state index in [9.17, 15) is 9.59 Å². The summed E-state index contributed by atoms with van der Waals surface area (Å²) in [4.78, 5) is 27.6. The van der Waals surface area contributed by atoms with Gasteiger partial charge < -0.3 is 15.4 Å². The van der Waals surface area contributed by atoms with Gasteiger partial charge in [-0.1, -0.05) is 45.0 Å². The zero-order valence-electron chi connectivity index (χ0n) is 18.0. The highest BCUT2D eigenvalue weighted by Crippen LogP contribution is 2.24. The van der Waals surface area contributed by atoms with Gasteiger partial charge in [-0.3, -0.25) is 14.5 Å². The summed E-state index contributed by atoms with van der Waals surface area (Å²) in [5.41, 5.74) is 2.02. The number of carbonyl (C=O) groups is 2. The molecule has 2 fully saturated rings. The highest BCUT2D eigenvalue weighted by Gasteiger charge is 2.33. The average Bonchev–Trinajstić information content (AvgIpc) is 3.21. The first-order valence-electron chi connectivity index (χ1n) is 10.8. The third-order valence-corrected chi connectivity index (χ3v) is 5.91. The minimum absolute atomic E-state index is 0.00496. The molecule has 0 bridgehead atoms. The molecular formula is C23H35N3O3. The molecule has 1 amide bonds. The molecule has 0 aliphatic carbocycles. The van der Waals surface area contributed by atoms with Gasteiger partial charge in [-0.05, 0) is 30.4 Å². The largest absolute Gasteiger partial charge is 0.379 e. The van der Waals surface area contributed by atoms with Crippen LogP contribution in [0.25, 0.3) is 0 Å². The van der Waals surface area contributed by atoms with Crippen molar-refractivity contribution in [2.75, 3.05) is 45.9 Å². The number of morpholine rings is 1. The van der Waals surface area contributed by atoms with Crippen LogP contribution in [0.4, 0.5) is 0 Å². The minimum atomic E-state index is -0.277. The van der Waals surface area contributed by atoms with E-state index in [2.05, 4.69) is 36.3 Å². The van der Waals surface area contributed by atoms with Crippen LogP contribution >= 0.6 is 0 Å². The van der Waals surface area contributed by atoms with E-state index in [0.29, 0.717) is 19.5 Å². The van der Waals surface area contributed by atoms with E-state index in [1.807, 2.05) is 24.3 Å². The number of ketones is 1. The lowest BCUT2D eigenvalue weighted by Crippen LogP contribution is -2.42. The van der Waals surface area contributed by atoms with Gasteiger partial charge in [-0.15, -0.1) is 0 Å². The third kappa shape index (κ3) is 6.11. The summed E-state index contributed by atoms with van der Waals surface area (Å²) in [7, 11) is 0. The third-order valence-electron chi connectivity index (χ3n) is 5.91. The van der Waals surface area contributed by atoms with Crippen molar-refractivity contribution < 1.29 is 14.3 Å². The Morgan fingerprint density at radius 2 is 1.86 bits per heavy atom. The summed E-state index contributed by atoms with van der Waals surface area (Å²) in [5.74, 6) is -0.00878. The highest BCUT2D eigenvalue weighted by atomic mass is 16.5. The summed E-state index contributed by atoms with van der Waals surface area (Å²) in [6.45, 7) is 12.2. The molecule has 2 saturated heterocycles. The Morgan fingerprint density at radius 1 is 1.17 bits per heavy atom. The van der Waals surface area contributed by atoms with Crippen molar-refractivity contribution in [1.29, 1.82) is 0 Å². The average molecular weight is 402 g/mol. The molecule has 0 spiro atoms. The van der Waals surface area contributed by atoms with E-state index >= 15 is 0 Å². The van der Waals surface area contributed by atoms with Crippen LogP contribution in [0.5, 0.6) is 0 Å². The number of Topliss-reactive ketones (excluding diaryl/α,β-unsaturated/α-hetero) is 1. The van der Waals surface area contributed by atoms with Crippen LogP contribution in [0.1, 0.15) is 49.5 Å². The summed E-state index contributed by atoms with van der Waals surface area (Å²) < 4.78 is 5.35. The second-order valence-corrected chi connectivity index (χ2v) is 9.18. The van der Waals surface area contributed by atoms with Gasteiger partial charge >= 0.3 is 0 Å². The van der Waals surface area contributed by atoms with E-state index in [4.69, 9.17) is 4.74 Å². The molecule has 3 rings (SSSR count). The zero-order chi connectivity index (χ0) is 20.9. The zero-order valence-corrected chi connectivity index (χ0v) is 18.0. The predicted molar refractivity (Wildman–Crippen MR) is 114 cm³/mol. The Labute approximate surface area is 174 Å². The summed E-state index contributed by atoms with van der Waals surface area (Å²) >= 11 is 0. The number of hydrogen-bond acceptors (Lipinski definition) is 5. The maximum Gasteiger partial charge on any atom is 0.237 e. The second kappa shape index (κ2) is 9.83. The Balaban J connectivity index is 1.41. The number of carbonyl (C=O) groups excluding carboxylic acids is 2. The summed E-state index contributed by atoms with van der Waals surface area (Å²) in [5, 5.41) is 6.24. The van der Waals surface area contributed by atoms with Crippen molar-refractivity contribution in [2.24, 2.45) is 5.92 Å². The van der Waals surface area contributed by atoms with Gasteiger partial charge in [-0.25, -0.2) is 0 Å². The second-order valence-electron chi connectivity index (χ2n) is 9.18. The number of amides is 1. The smallest absolute Gasteiger partial charge is 0.237 e. The van der Waals surface area contributed by atoms with Crippen molar-refractivity contribution in [1.82, 2.24) is 15.5 Å². The lowest BCUT2D eigenvalue weighted by atomic mass is 9.85. The molecule has 160 valence electrons. The van der Waals surface area contributed by atoms with Gasteiger partial charge in [-0.2, -0.15) is 0 Å². The van der Waals surface area contributed by atoms with E-state index in [1.165, 1.54) is 5.56 Å². The van der Waals surface area contributed by atoms with Crippen LogP contribution in [-0.2, 0) is 14.9 Å². The molecule has 0 radical (unpaired) electrons. The monoisotopic (exact) mass is 401 g/mol. The Bertz CT molecular complexity index is 690. The maximum atomic E-state index is 12.8. The standard InChI is InChI=1S/C23H35N3O3/c1-23(2,3)19-7-5-17(6-8-19)21(27)18-15-20(25-16-18)22(28)24-9-4-10-26-11-13-29-14-12-26/h5-8,18,20,25H,4,9-16H2,1-3H3,(H,24,28). The Morgan fingerprint density at radius 3 is 2.52 bits per heavy atom. The van der Waals surface area contributed by atoms with Crippen molar-refractivity contribution >= 4 is 11.7 Å². The van der Waals surface area contributed by atoms with E-state index in [-0.39, 0.29) is 29.1 Å². The molecule has 2 aliphatic heterocycles. The molecule has 2 aliphatic rings. The van der Waals surface area contributed by atoms with Gasteiger partial charge in [0.2, 0.25) is 5.91 Å². The van der Waals surface area contributed by atoms with Crippen molar-refractivity contribution in [3.05, 3.63) is 35.4 Å². The predicted octanol–water partition coefficient (Wildman–Crippen LogP) is 1.98. The lowest BCUT2D eigenvalue weighted by molar-refractivity contribution is -0.122. The van der Waals surface area contributed by atoms with Crippen molar-refractivity contribution in [2.45, 2.75) is 45.1 Å². The van der Waals surface area contributed by atoms with Crippen LogP contribution in [0.15, 0.2) is 24.3 Å². The van der Waals surface area contributed by atoms with Gasteiger partial charge in [0.15, 0.2) is 5.78 Å². The van der Waals surface area contributed by atoms with Crippen LogP contribution < -0.4 is 10.6 Å². The molecule has 0 saturated carbocycles. The first kappa shape index (κ1) is 21.9. The lowest BCUT2D eigenvalue weighted by Gasteiger charge is -2.26. The molecule has 0 aromatic heterocycles. The summed E-state index contributed by atoms with van der Waals surface area (Å²) in [6, 6.07) is 7.63. The topological polar surface area (TPSA) is 70.7 Å². The number of benzene rings is 1. The van der Waals surface area contributed by atoms with Gasteiger partial charge in [0.1, 0.15) is 0 Å². The van der Waals surface area contributed by atoms with Gasteiger partial charge in [0, 0.05) is 37.7 Å². The molecule has 6 heteroatoms. The van der Waals surface area contributed by atoms with Gasteiger partial charge in [0.05, 0.1) is 19.3 Å². The fourth-order valence-electron chi connectivity index (χ4n) is 3.97. The van der Waals surface area contributed by atoms with Crippen molar-refractivity contribution in [3.63, 3.8) is 0 Å². The van der Waals surface area contributed by atoms with E-state index in [0.717, 1.165) is 44.8 Å². The number of ether oxygens (including phenoxy) is 1. The van der Waals surface area contributed by atoms with Crippen molar-refractivity contribution in [3.8, 4) is 0 Å². The van der Waals surface area contributed by atoms with E-state index in [1.54, 1.807) is 0 Å².